The van der Waals surface area contributed by atoms with Crippen LogP contribution in [0.1, 0.15) is 6.92 Å². The number of hydrogen-bond acceptors (Lipinski definition) is 3. The maximum atomic E-state index is 10.7. The predicted molar refractivity (Wildman–Crippen MR) is 35.5 cm³/mol. The molecule has 0 radical (unpaired) electrons. The molecule has 0 aromatic carbocycles. The van der Waals surface area contributed by atoms with E-state index in [-0.39, 0.29) is 12.4 Å². The molecule has 1 aliphatic rings. The van der Waals surface area contributed by atoms with Crippen LogP contribution in [0.25, 0.3) is 0 Å². The molecule has 1 heterocycles. The number of carbonyl (C=O) groups excluding carboxylic acids is 1. The molecule has 0 atom stereocenters. The number of ether oxygens (including phenoxy) is 2. The van der Waals surface area contributed by atoms with Gasteiger partial charge in [0.15, 0.2) is 5.78 Å². The Bertz CT molecular complexity index is 160. The fourth-order valence-electron chi connectivity index (χ4n) is 0.784. The molecule has 56 valence electrons. The van der Waals surface area contributed by atoms with Gasteiger partial charge in [-0.2, -0.15) is 0 Å². The Morgan fingerprint density at radius 1 is 1.70 bits per heavy atom. The zero-order valence-electron chi connectivity index (χ0n) is 5.92. The Balaban J connectivity index is 2.49. The van der Waals surface area contributed by atoms with Crippen LogP contribution in [0, 0.1) is 0 Å². The smallest absolute Gasteiger partial charge is 0.184 e. The molecule has 0 fully saturated rings. The largest absolute Gasteiger partial charge is 0.496 e. The van der Waals surface area contributed by atoms with Gasteiger partial charge in [-0.1, -0.05) is 0 Å². The minimum atomic E-state index is -0.0188. The van der Waals surface area contributed by atoms with Crippen LogP contribution in [-0.2, 0) is 14.3 Å². The molecule has 0 amide bonds. The highest BCUT2D eigenvalue weighted by atomic mass is 16.5. The summed E-state index contributed by atoms with van der Waals surface area (Å²) in [6.45, 7) is 3.08. The van der Waals surface area contributed by atoms with E-state index in [0.29, 0.717) is 19.0 Å². The molecule has 0 aliphatic carbocycles. The lowest BCUT2D eigenvalue weighted by atomic mass is 10.3. The van der Waals surface area contributed by atoms with E-state index in [1.165, 1.54) is 6.08 Å². The van der Waals surface area contributed by atoms with Gasteiger partial charge in [0.1, 0.15) is 19.0 Å². The maximum absolute atomic E-state index is 10.7. The summed E-state index contributed by atoms with van der Waals surface area (Å²) in [5.41, 5.74) is 0. The van der Waals surface area contributed by atoms with Crippen molar-refractivity contribution in [3.63, 3.8) is 0 Å². The molecule has 3 heteroatoms. The highest BCUT2D eigenvalue weighted by molar-refractivity contribution is 5.91. The van der Waals surface area contributed by atoms with E-state index in [1.54, 1.807) is 0 Å². The average molecular weight is 142 g/mol. The normalized spacial score (nSPS) is 18.5. The zero-order chi connectivity index (χ0) is 7.40. The van der Waals surface area contributed by atoms with Crippen molar-refractivity contribution in [2.75, 3.05) is 19.8 Å². The molecule has 0 saturated heterocycles. The van der Waals surface area contributed by atoms with Crippen LogP contribution in [0.5, 0.6) is 0 Å². The van der Waals surface area contributed by atoms with Gasteiger partial charge < -0.3 is 9.47 Å². The molecule has 0 N–H and O–H groups in total. The molecule has 10 heavy (non-hydrogen) atoms. The summed E-state index contributed by atoms with van der Waals surface area (Å²) in [5.74, 6) is 0.619. The van der Waals surface area contributed by atoms with E-state index < -0.39 is 0 Å². The van der Waals surface area contributed by atoms with Crippen molar-refractivity contribution in [3.05, 3.63) is 11.8 Å². The van der Waals surface area contributed by atoms with Crippen LogP contribution in [0.2, 0.25) is 0 Å². The Morgan fingerprint density at radius 2 is 2.50 bits per heavy atom. The lowest BCUT2D eigenvalue weighted by Gasteiger charge is -2.12. The van der Waals surface area contributed by atoms with Crippen LogP contribution >= 0.6 is 0 Å². The molecule has 3 nitrogen and oxygen atoms in total. The van der Waals surface area contributed by atoms with Gasteiger partial charge in [0.25, 0.3) is 0 Å². The summed E-state index contributed by atoms with van der Waals surface area (Å²) in [4.78, 5) is 10.7. The monoisotopic (exact) mass is 142 g/mol. The number of hydrogen-bond donors (Lipinski definition) is 0. The van der Waals surface area contributed by atoms with Crippen molar-refractivity contribution in [1.82, 2.24) is 0 Å². The van der Waals surface area contributed by atoms with Gasteiger partial charge in [-0.25, -0.2) is 0 Å². The summed E-state index contributed by atoms with van der Waals surface area (Å²) in [6.07, 6.45) is 1.49. The maximum Gasteiger partial charge on any atom is 0.184 e. The van der Waals surface area contributed by atoms with Crippen molar-refractivity contribution < 1.29 is 14.3 Å². The lowest BCUT2D eigenvalue weighted by molar-refractivity contribution is -0.120. The molecule has 0 bridgehead atoms. The van der Waals surface area contributed by atoms with Crippen LogP contribution in [0.3, 0.4) is 0 Å². The van der Waals surface area contributed by atoms with E-state index >= 15 is 0 Å². The zero-order valence-corrected chi connectivity index (χ0v) is 5.92. The fourth-order valence-corrected chi connectivity index (χ4v) is 0.784. The van der Waals surface area contributed by atoms with Crippen molar-refractivity contribution >= 4 is 5.78 Å². The van der Waals surface area contributed by atoms with E-state index in [2.05, 4.69) is 0 Å². The summed E-state index contributed by atoms with van der Waals surface area (Å²) >= 11 is 0. The third kappa shape index (κ3) is 1.84. The highest BCUT2D eigenvalue weighted by Gasteiger charge is 2.09. The SMILES string of the molecule is CCOC1=CC(=O)COC1. The second-order valence-corrected chi connectivity index (χ2v) is 2.00. The van der Waals surface area contributed by atoms with Gasteiger partial charge in [-0.15, -0.1) is 0 Å². The van der Waals surface area contributed by atoms with Crippen LogP contribution in [0.15, 0.2) is 11.8 Å². The molecular formula is C7H10O3. The minimum absolute atomic E-state index is 0.0188. The topological polar surface area (TPSA) is 35.5 Å². The van der Waals surface area contributed by atoms with Crippen molar-refractivity contribution in [3.8, 4) is 0 Å². The van der Waals surface area contributed by atoms with Crippen molar-refractivity contribution in [2.24, 2.45) is 0 Å². The number of rotatable bonds is 2. The predicted octanol–water partition coefficient (Wildman–Crippen LogP) is 0.506. The van der Waals surface area contributed by atoms with Gasteiger partial charge in [-0.05, 0) is 6.92 Å². The standard InChI is InChI=1S/C7H10O3/c1-2-10-7-3-6(8)4-9-5-7/h3H,2,4-5H2,1H3. The lowest BCUT2D eigenvalue weighted by Crippen LogP contribution is -2.16. The van der Waals surface area contributed by atoms with Gasteiger partial charge in [0.05, 0.1) is 6.61 Å². The minimum Gasteiger partial charge on any atom is -0.496 e. The van der Waals surface area contributed by atoms with E-state index in [1.807, 2.05) is 6.92 Å². The van der Waals surface area contributed by atoms with E-state index in [9.17, 15) is 4.79 Å². The van der Waals surface area contributed by atoms with Gasteiger partial charge in [0.2, 0.25) is 0 Å². The fraction of sp³-hybridized carbons (Fsp3) is 0.571. The molecule has 0 aromatic heterocycles. The molecule has 0 saturated carbocycles. The highest BCUT2D eigenvalue weighted by Crippen LogP contribution is 2.03. The first-order valence-electron chi connectivity index (χ1n) is 3.27. The summed E-state index contributed by atoms with van der Waals surface area (Å²) in [5, 5.41) is 0. The Hall–Kier alpha value is -0.830. The van der Waals surface area contributed by atoms with Crippen LogP contribution < -0.4 is 0 Å². The molecular weight excluding hydrogens is 132 g/mol. The Kier molecular flexibility index (Phi) is 2.45. The molecule has 0 aromatic rings. The first-order chi connectivity index (χ1) is 4.83. The second kappa shape index (κ2) is 3.37. The summed E-state index contributed by atoms with van der Waals surface area (Å²) in [6, 6.07) is 0. The molecule has 1 aliphatic heterocycles. The van der Waals surface area contributed by atoms with Gasteiger partial charge >= 0.3 is 0 Å². The van der Waals surface area contributed by atoms with E-state index in [4.69, 9.17) is 9.47 Å². The Labute approximate surface area is 59.6 Å². The number of ketones is 1. The third-order valence-corrected chi connectivity index (χ3v) is 1.14. The molecule has 1 rings (SSSR count). The molecule has 0 unspecified atom stereocenters. The third-order valence-electron chi connectivity index (χ3n) is 1.14. The average Bonchev–Trinajstić information content (AvgIpc) is 1.88. The second-order valence-electron chi connectivity index (χ2n) is 2.00. The van der Waals surface area contributed by atoms with Crippen molar-refractivity contribution in [1.29, 1.82) is 0 Å². The van der Waals surface area contributed by atoms with Crippen molar-refractivity contribution in [2.45, 2.75) is 6.92 Å². The molecule has 0 spiro atoms. The van der Waals surface area contributed by atoms with Crippen LogP contribution in [-0.4, -0.2) is 25.6 Å². The van der Waals surface area contributed by atoms with Gasteiger partial charge in [0, 0.05) is 6.08 Å². The quantitative estimate of drug-likeness (QED) is 0.563. The Morgan fingerprint density at radius 3 is 3.10 bits per heavy atom. The first-order valence-corrected chi connectivity index (χ1v) is 3.27. The summed E-state index contributed by atoms with van der Waals surface area (Å²) < 4.78 is 9.97. The first kappa shape index (κ1) is 7.28. The van der Waals surface area contributed by atoms with Gasteiger partial charge in [-0.3, -0.25) is 4.79 Å². The summed E-state index contributed by atoms with van der Waals surface area (Å²) in [7, 11) is 0. The number of carbonyl (C=O) groups is 1. The van der Waals surface area contributed by atoms with E-state index in [0.717, 1.165) is 0 Å². The van der Waals surface area contributed by atoms with Crippen LogP contribution in [0.4, 0.5) is 0 Å².